The molecule has 0 aliphatic rings. The van der Waals surface area contributed by atoms with Crippen LogP contribution in [0.15, 0.2) is 16.7 Å². The SMILES string of the molecule is CCC(C)C(C)n1c(C(C)Cl)nc2cc(Br)cnc21. The lowest BCUT2D eigenvalue weighted by Crippen LogP contribution is -2.17. The van der Waals surface area contributed by atoms with Crippen molar-refractivity contribution in [2.24, 2.45) is 5.92 Å². The molecule has 5 heteroatoms. The van der Waals surface area contributed by atoms with Crippen LogP contribution < -0.4 is 0 Å². The molecule has 2 aromatic rings. The molecule has 104 valence electrons. The number of hydrogen-bond donors (Lipinski definition) is 0. The summed E-state index contributed by atoms with van der Waals surface area (Å²) in [5, 5.41) is -0.125. The van der Waals surface area contributed by atoms with E-state index in [0.717, 1.165) is 27.9 Å². The van der Waals surface area contributed by atoms with Gasteiger partial charge in [0.1, 0.15) is 11.3 Å². The molecule has 2 aromatic heterocycles. The van der Waals surface area contributed by atoms with Gasteiger partial charge in [0.25, 0.3) is 0 Å². The molecule has 0 saturated heterocycles. The Kier molecular flexibility index (Phi) is 4.51. The van der Waals surface area contributed by atoms with E-state index in [1.165, 1.54) is 0 Å². The summed E-state index contributed by atoms with van der Waals surface area (Å²) in [5.74, 6) is 1.45. The zero-order chi connectivity index (χ0) is 14.2. The van der Waals surface area contributed by atoms with Crippen LogP contribution in [0.3, 0.4) is 0 Å². The minimum atomic E-state index is -0.125. The second kappa shape index (κ2) is 5.80. The molecule has 0 spiro atoms. The summed E-state index contributed by atoms with van der Waals surface area (Å²) < 4.78 is 3.13. The summed E-state index contributed by atoms with van der Waals surface area (Å²) in [5.41, 5.74) is 1.81. The molecule has 0 aliphatic carbocycles. The number of fused-ring (bicyclic) bond motifs is 1. The van der Waals surface area contributed by atoms with Crippen LogP contribution >= 0.6 is 27.5 Å². The van der Waals surface area contributed by atoms with Crippen molar-refractivity contribution in [2.75, 3.05) is 0 Å². The van der Waals surface area contributed by atoms with Crippen LogP contribution in [0.1, 0.15) is 51.4 Å². The number of hydrogen-bond acceptors (Lipinski definition) is 2. The summed E-state index contributed by atoms with van der Waals surface area (Å²) in [6.45, 7) is 8.62. The second-order valence-corrected chi connectivity index (χ2v) is 6.65. The van der Waals surface area contributed by atoms with Gasteiger partial charge in [0.15, 0.2) is 5.65 Å². The van der Waals surface area contributed by atoms with E-state index in [1.807, 2.05) is 19.2 Å². The minimum absolute atomic E-state index is 0.125. The van der Waals surface area contributed by atoms with Gasteiger partial charge < -0.3 is 4.57 Å². The zero-order valence-electron chi connectivity index (χ0n) is 11.7. The largest absolute Gasteiger partial charge is 0.308 e. The highest BCUT2D eigenvalue weighted by atomic mass is 79.9. The van der Waals surface area contributed by atoms with Crippen molar-refractivity contribution in [3.63, 3.8) is 0 Å². The molecule has 0 aliphatic heterocycles. The van der Waals surface area contributed by atoms with E-state index in [-0.39, 0.29) is 5.38 Å². The summed E-state index contributed by atoms with van der Waals surface area (Å²) in [7, 11) is 0. The lowest BCUT2D eigenvalue weighted by atomic mass is 10.0. The number of imidazole rings is 1. The van der Waals surface area contributed by atoms with Crippen molar-refractivity contribution in [3.05, 3.63) is 22.6 Å². The molecule has 0 amide bonds. The van der Waals surface area contributed by atoms with Crippen LogP contribution in [-0.2, 0) is 0 Å². The van der Waals surface area contributed by atoms with E-state index in [1.54, 1.807) is 0 Å². The summed E-state index contributed by atoms with van der Waals surface area (Å²) >= 11 is 9.73. The van der Waals surface area contributed by atoms with Crippen molar-refractivity contribution >= 4 is 38.7 Å². The van der Waals surface area contributed by atoms with Gasteiger partial charge in [-0.2, -0.15) is 0 Å². The van der Waals surface area contributed by atoms with Gasteiger partial charge in [-0.1, -0.05) is 20.3 Å². The Balaban J connectivity index is 2.65. The fourth-order valence-corrected chi connectivity index (χ4v) is 2.73. The Morgan fingerprint density at radius 3 is 2.63 bits per heavy atom. The van der Waals surface area contributed by atoms with Crippen LogP contribution in [-0.4, -0.2) is 14.5 Å². The van der Waals surface area contributed by atoms with Crippen LogP contribution in [0.4, 0.5) is 0 Å². The van der Waals surface area contributed by atoms with Gasteiger partial charge in [-0.15, -0.1) is 11.6 Å². The van der Waals surface area contributed by atoms with Crippen molar-refractivity contribution in [1.29, 1.82) is 0 Å². The highest BCUT2D eigenvalue weighted by molar-refractivity contribution is 9.10. The molecule has 0 radical (unpaired) electrons. The van der Waals surface area contributed by atoms with E-state index in [4.69, 9.17) is 11.6 Å². The Bertz CT molecular complexity index is 579. The lowest BCUT2D eigenvalue weighted by Gasteiger charge is -2.23. The van der Waals surface area contributed by atoms with Crippen molar-refractivity contribution < 1.29 is 0 Å². The van der Waals surface area contributed by atoms with Crippen molar-refractivity contribution in [2.45, 2.75) is 45.5 Å². The first kappa shape index (κ1) is 14.8. The molecule has 0 N–H and O–H groups in total. The normalized spacial score (nSPS) is 16.5. The average molecular weight is 345 g/mol. The fraction of sp³-hybridized carbons (Fsp3) is 0.571. The maximum absolute atomic E-state index is 6.29. The van der Waals surface area contributed by atoms with E-state index in [0.29, 0.717) is 12.0 Å². The first-order valence-electron chi connectivity index (χ1n) is 6.63. The molecule has 0 saturated carbocycles. The van der Waals surface area contributed by atoms with Gasteiger partial charge in [-0.3, -0.25) is 0 Å². The third-order valence-corrected chi connectivity index (χ3v) is 4.38. The topological polar surface area (TPSA) is 30.7 Å². The van der Waals surface area contributed by atoms with E-state index in [2.05, 4.69) is 51.2 Å². The summed E-state index contributed by atoms with van der Waals surface area (Å²) in [6.07, 6.45) is 2.93. The summed E-state index contributed by atoms with van der Waals surface area (Å²) in [6, 6.07) is 2.32. The molecule has 3 atom stereocenters. The molecule has 2 rings (SSSR count). The molecule has 0 fully saturated rings. The Morgan fingerprint density at radius 1 is 1.37 bits per heavy atom. The maximum atomic E-state index is 6.29. The van der Waals surface area contributed by atoms with Gasteiger partial charge in [0.2, 0.25) is 0 Å². The van der Waals surface area contributed by atoms with Gasteiger partial charge in [-0.25, -0.2) is 9.97 Å². The number of aromatic nitrogens is 3. The molecule has 3 nitrogen and oxygen atoms in total. The van der Waals surface area contributed by atoms with Crippen LogP contribution in [0.2, 0.25) is 0 Å². The molecule has 2 heterocycles. The smallest absolute Gasteiger partial charge is 0.160 e. The monoisotopic (exact) mass is 343 g/mol. The Morgan fingerprint density at radius 2 is 2.05 bits per heavy atom. The predicted molar refractivity (Wildman–Crippen MR) is 83.7 cm³/mol. The number of alkyl halides is 1. The summed E-state index contributed by atoms with van der Waals surface area (Å²) in [4.78, 5) is 9.17. The van der Waals surface area contributed by atoms with Crippen LogP contribution in [0, 0.1) is 5.92 Å². The first-order valence-corrected chi connectivity index (χ1v) is 7.86. The first-order chi connectivity index (χ1) is 8.95. The van der Waals surface area contributed by atoms with Gasteiger partial charge in [0.05, 0.1) is 5.38 Å². The number of halogens is 2. The number of rotatable bonds is 4. The molecular weight excluding hydrogens is 326 g/mol. The molecular formula is C14H19BrClN3. The highest BCUT2D eigenvalue weighted by Gasteiger charge is 2.22. The average Bonchev–Trinajstić information content (AvgIpc) is 2.75. The number of pyridine rings is 1. The molecule has 19 heavy (non-hydrogen) atoms. The highest BCUT2D eigenvalue weighted by Crippen LogP contribution is 2.31. The standard InChI is InChI=1S/C14H19BrClN3/c1-5-8(2)10(4)19-13(9(3)16)18-12-6-11(15)7-17-14(12)19/h6-10H,5H2,1-4H3. The third kappa shape index (κ3) is 2.79. The van der Waals surface area contributed by atoms with Gasteiger partial charge >= 0.3 is 0 Å². The van der Waals surface area contributed by atoms with E-state index >= 15 is 0 Å². The molecule has 3 unspecified atom stereocenters. The molecule has 0 aromatic carbocycles. The van der Waals surface area contributed by atoms with Crippen molar-refractivity contribution in [1.82, 2.24) is 14.5 Å². The zero-order valence-corrected chi connectivity index (χ0v) is 14.0. The second-order valence-electron chi connectivity index (χ2n) is 5.08. The molecule has 0 bridgehead atoms. The fourth-order valence-electron chi connectivity index (χ4n) is 2.25. The third-order valence-electron chi connectivity index (χ3n) is 3.75. The Labute approximate surface area is 127 Å². The van der Waals surface area contributed by atoms with E-state index in [9.17, 15) is 0 Å². The maximum Gasteiger partial charge on any atom is 0.160 e. The Hall–Kier alpha value is -0.610. The van der Waals surface area contributed by atoms with E-state index < -0.39 is 0 Å². The van der Waals surface area contributed by atoms with Gasteiger partial charge in [0, 0.05) is 16.7 Å². The number of nitrogens with zero attached hydrogens (tertiary/aromatic N) is 3. The van der Waals surface area contributed by atoms with Crippen LogP contribution in [0.25, 0.3) is 11.2 Å². The van der Waals surface area contributed by atoms with Crippen LogP contribution in [0.5, 0.6) is 0 Å². The van der Waals surface area contributed by atoms with Crippen molar-refractivity contribution in [3.8, 4) is 0 Å². The minimum Gasteiger partial charge on any atom is -0.308 e. The lowest BCUT2D eigenvalue weighted by molar-refractivity contribution is 0.367. The predicted octanol–water partition coefficient (Wildman–Crippen LogP) is 5.10. The quantitative estimate of drug-likeness (QED) is 0.722. The van der Waals surface area contributed by atoms with Gasteiger partial charge in [-0.05, 0) is 41.8 Å².